The fourth-order valence-electron chi connectivity index (χ4n) is 1.96. The fraction of sp³-hybridized carbons (Fsp3) is 0.400. The monoisotopic (exact) mass is 244 g/mol. The molecule has 0 bridgehead atoms. The standard InChI is InChI=1S/C10H13FN2O2S/c1-6-9(5-12)16(14,15)8-4-2-3-7(11)10(8)13-6/h2-4,6,9,13H,5,12H2,1H3. The molecule has 6 heteroatoms. The Morgan fingerprint density at radius 3 is 2.81 bits per heavy atom. The first-order valence-corrected chi connectivity index (χ1v) is 6.52. The highest BCUT2D eigenvalue weighted by Gasteiger charge is 2.38. The van der Waals surface area contributed by atoms with Crippen molar-refractivity contribution in [2.75, 3.05) is 11.9 Å². The quantitative estimate of drug-likeness (QED) is 0.764. The number of fused-ring (bicyclic) bond motifs is 1. The first-order chi connectivity index (χ1) is 7.48. The molecule has 0 fully saturated rings. The molecule has 3 N–H and O–H groups in total. The molecule has 1 aromatic carbocycles. The Balaban J connectivity index is 2.67. The Bertz CT molecular complexity index is 516. The van der Waals surface area contributed by atoms with E-state index in [0.29, 0.717) is 0 Å². The van der Waals surface area contributed by atoms with E-state index in [0.717, 1.165) is 0 Å². The van der Waals surface area contributed by atoms with E-state index in [1.807, 2.05) is 0 Å². The Kier molecular flexibility index (Phi) is 2.63. The van der Waals surface area contributed by atoms with Gasteiger partial charge in [-0.05, 0) is 19.1 Å². The van der Waals surface area contributed by atoms with Crippen LogP contribution in [0.2, 0.25) is 0 Å². The number of hydrogen-bond donors (Lipinski definition) is 2. The van der Waals surface area contributed by atoms with Gasteiger partial charge in [0.15, 0.2) is 9.84 Å². The van der Waals surface area contributed by atoms with Gasteiger partial charge in [-0.25, -0.2) is 12.8 Å². The van der Waals surface area contributed by atoms with E-state index in [9.17, 15) is 12.8 Å². The number of rotatable bonds is 1. The van der Waals surface area contributed by atoms with Crippen molar-refractivity contribution >= 4 is 15.5 Å². The summed E-state index contributed by atoms with van der Waals surface area (Å²) < 4.78 is 37.7. The fourth-order valence-corrected chi connectivity index (χ4v) is 3.86. The van der Waals surface area contributed by atoms with Crippen LogP contribution < -0.4 is 11.1 Å². The second-order valence-electron chi connectivity index (χ2n) is 3.87. The van der Waals surface area contributed by atoms with Crippen molar-refractivity contribution < 1.29 is 12.8 Å². The Morgan fingerprint density at radius 2 is 2.19 bits per heavy atom. The van der Waals surface area contributed by atoms with Crippen molar-refractivity contribution in [1.82, 2.24) is 0 Å². The largest absolute Gasteiger partial charge is 0.378 e. The van der Waals surface area contributed by atoms with Crippen molar-refractivity contribution in [3.05, 3.63) is 24.0 Å². The second kappa shape index (κ2) is 3.71. The van der Waals surface area contributed by atoms with Gasteiger partial charge in [0.05, 0.1) is 15.8 Å². The molecule has 4 nitrogen and oxygen atoms in total. The summed E-state index contributed by atoms with van der Waals surface area (Å²) in [5.74, 6) is -0.552. The average Bonchev–Trinajstić information content (AvgIpc) is 2.20. The molecular formula is C10H13FN2O2S. The van der Waals surface area contributed by atoms with Crippen LogP contribution >= 0.6 is 0 Å². The van der Waals surface area contributed by atoms with E-state index in [4.69, 9.17) is 5.73 Å². The van der Waals surface area contributed by atoms with E-state index in [2.05, 4.69) is 5.32 Å². The zero-order valence-corrected chi connectivity index (χ0v) is 9.59. The first kappa shape index (κ1) is 11.3. The molecule has 0 amide bonds. The minimum Gasteiger partial charge on any atom is -0.378 e. The number of hydrogen-bond acceptors (Lipinski definition) is 4. The summed E-state index contributed by atoms with van der Waals surface area (Å²) in [6.45, 7) is 1.71. The summed E-state index contributed by atoms with van der Waals surface area (Å²) >= 11 is 0. The number of para-hydroxylation sites is 1. The summed E-state index contributed by atoms with van der Waals surface area (Å²) in [4.78, 5) is 0.000972. The van der Waals surface area contributed by atoms with Crippen LogP contribution in [0.25, 0.3) is 0 Å². The summed E-state index contributed by atoms with van der Waals surface area (Å²) in [6, 6.07) is 3.63. The molecule has 1 aliphatic rings. The van der Waals surface area contributed by atoms with Crippen LogP contribution in [0.5, 0.6) is 0 Å². The van der Waals surface area contributed by atoms with Gasteiger partial charge in [0, 0.05) is 12.6 Å². The molecule has 0 saturated heterocycles. The van der Waals surface area contributed by atoms with Crippen LogP contribution in [0.3, 0.4) is 0 Å². The van der Waals surface area contributed by atoms with Gasteiger partial charge in [-0.3, -0.25) is 0 Å². The molecule has 16 heavy (non-hydrogen) atoms. The lowest BCUT2D eigenvalue weighted by molar-refractivity contribution is 0.553. The van der Waals surface area contributed by atoms with Crippen molar-refractivity contribution in [3.63, 3.8) is 0 Å². The summed E-state index contributed by atoms with van der Waals surface area (Å²) in [5, 5.41) is 2.14. The zero-order valence-electron chi connectivity index (χ0n) is 8.77. The number of nitrogens with two attached hydrogens (primary N) is 1. The molecule has 1 aliphatic heterocycles. The van der Waals surface area contributed by atoms with Gasteiger partial charge in [-0.1, -0.05) is 6.07 Å². The normalized spacial score (nSPS) is 26.9. The van der Waals surface area contributed by atoms with Crippen LogP contribution in [-0.4, -0.2) is 26.3 Å². The maximum absolute atomic E-state index is 13.5. The van der Waals surface area contributed by atoms with E-state index in [1.54, 1.807) is 6.92 Å². The number of nitrogens with one attached hydrogen (secondary N) is 1. The van der Waals surface area contributed by atoms with Gasteiger partial charge in [-0.2, -0.15) is 0 Å². The Labute approximate surface area is 93.6 Å². The number of anilines is 1. The summed E-state index contributed by atoms with van der Waals surface area (Å²) in [5.41, 5.74) is 5.51. The predicted octanol–water partition coefficient (Wildman–Crippen LogP) is 0.741. The summed E-state index contributed by atoms with van der Waals surface area (Å²) in [6.07, 6.45) is 0. The Morgan fingerprint density at radius 1 is 1.50 bits per heavy atom. The number of sulfone groups is 1. The highest BCUT2D eigenvalue weighted by Crippen LogP contribution is 2.33. The van der Waals surface area contributed by atoms with Crippen molar-refractivity contribution in [1.29, 1.82) is 0 Å². The zero-order chi connectivity index (χ0) is 11.9. The molecule has 1 heterocycles. The van der Waals surface area contributed by atoms with Crippen molar-refractivity contribution in [3.8, 4) is 0 Å². The third-order valence-corrected chi connectivity index (χ3v) is 5.19. The molecule has 2 rings (SSSR count). The molecule has 0 spiro atoms. The number of benzene rings is 1. The van der Waals surface area contributed by atoms with Crippen LogP contribution in [-0.2, 0) is 9.84 Å². The maximum atomic E-state index is 13.5. The average molecular weight is 244 g/mol. The minimum atomic E-state index is -3.53. The van der Waals surface area contributed by atoms with Gasteiger partial charge >= 0.3 is 0 Å². The van der Waals surface area contributed by atoms with Crippen LogP contribution in [0.4, 0.5) is 10.1 Å². The van der Waals surface area contributed by atoms with E-state index >= 15 is 0 Å². The highest BCUT2D eigenvalue weighted by molar-refractivity contribution is 7.92. The Hall–Kier alpha value is -1.14. The third kappa shape index (κ3) is 1.49. The van der Waals surface area contributed by atoms with Gasteiger partial charge in [0.2, 0.25) is 0 Å². The lowest BCUT2D eigenvalue weighted by Gasteiger charge is -2.31. The highest BCUT2D eigenvalue weighted by atomic mass is 32.2. The molecule has 1 aromatic rings. The molecule has 88 valence electrons. The second-order valence-corrected chi connectivity index (χ2v) is 6.00. The third-order valence-electron chi connectivity index (χ3n) is 2.84. The number of halogens is 1. The van der Waals surface area contributed by atoms with E-state index < -0.39 is 20.9 Å². The van der Waals surface area contributed by atoms with Crippen LogP contribution in [0, 0.1) is 5.82 Å². The smallest absolute Gasteiger partial charge is 0.186 e. The van der Waals surface area contributed by atoms with Gasteiger partial charge in [0.25, 0.3) is 0 Å². The molecule has 0 radical (unpaired) electrons. The summed E-state index contributed by atoms with van der Waals surface area (Å²) in [7, 11) is -3.53. The van der Waals surface area contributed by atoms with Crippen molar-refractivity contribution in [2.45, 2.75) is 23.1 Å². The lowest BCUT2D eigenvalue weighted by Crippen LogP contribution is -2.46. The van der Waals surface area contributed by atoms with Gasteiger partial charge in [0.1, 0.15) is 5.82 Å². The molecular weight excluding hydrogens is 231 g/mol. The molecule has 0 aliphatic carbocycles. The van der Waals surface area contributed by atoms with E-state index in [1.165, 1.54) is 18.2 Å². The molecule has 2 unspecified atom stereocenters. The molecule has 2 atom stereocenters. The maximum Gasteiger partial charge on any atom is 0.186 e. The van der Waals surface area contributed by atoms with Crippen molar-refractivity contribution in [2.24, 2.45) is 5.73 Å². The minimum absolute atomic E-state index is 0.000972. The van der Waals surface area contributed by atoms with Gasteiger partial charge < -0.3 is 11.1 Å². The van der Waals surface area contributed by atoms with Crippen LogP contribution in [0.15, 0.2) is 23.1 Å². The predicted molar refractivity (Wildman–Crippen MR) is 59.5 cm³/mol. The van der Waals surface area contributed by atoms with E-state index in [-0.39, 0.29) is 23.2 Å². The topological polar surface area (TPSA) is 72.2 Å². The first-order valence-electron chi connectivity index (χ1n) is 4.97. The molecule has 0 aromatic heterocycles. The van der Waals surface area contributed by atoms with Crippen LogP contribution in [0.1, 0.15) is 6.92 Å². The lowest BCUT2D eigenvalue weighted by atomic mass is 10.2. The van der Waals surface area contributed by atoms with Gasteiger partial charge in [-0.15, -0.1) is 0 Å². The molecule has 0 saturated carbocycles. The SMILES string of the molecule is CC1Nc2c(F)cccc2S(=O)(=O)C1CN.